The van der Waals surface area contributed by atoms with E-state index in [0.717, 1.165) is 17.7 Å². The van der Waals surface area contributed by atoms with Gasteiger partial charge in [-0.05, 0) is 42.8 Å². The molecule has 116 valence electrons. The molecule has 0 aliphatic heterocycles. The maximum absolute atomic E-state index is 12.6. The molecule has 0 atom stereocenters. The van der Waals surface area contributed by atoms with E-state index in [2.05, 4.69) is 10.6 Å². The third-order valence-electron chi connectivity index (χ3n) is 2.82. The van der Waals surface area contributed by atoms with Crippen LogP contribution in [0.1, 0.15) is 11.1 Å². The third kappa shape index (κ3) is 4.14. The molecule has 0 saturated carbocycles. The molecule has 7 heteroatoms. The fraction of sp³-hybridized carbons (Fsp3) is 0.133. The van der Waals surface area contributed by atoms with Crippen LogP contribution >= 0.6 is 11.6 Å². The molecule has 2 amide bonds. The molecule has 2 aromatic rings. The molecule has 0 aliphatic rings. The minimum absolute atomic E-state index is 0.0381. The smallest absolute Gasteiger partial charge is 0.308 e. The van der Waals surface area contributed by atoms with Gasteiger partial charge in [0.05, 0.1) is 16.3 Å². The minimum atomic E-state index is -4.46. The Labute approximate surface area is 130 Å². The van der Waals surface area contributed by atoms with E-state index in [0.29, 0.717) is 10.7 Å². The zero-order valence-electron chi connectivity index (χ0n) is 11.5. The summed E-state index contributed by atoms with van der Waals surface area (Å²) in [6.07, 6.45) is -4.46. The Balaban J connectivity index is 2.11. The average Bonchev–Trinajstić information content (AvgIpc) is 2.42. The standard InChI is InChI=1S/C15H12ClF3N2O/c1-9-5-6-12(16)13(7-9)21-14(22)20-11-4-2-3-10(8-11)15(17,18)19/h2-8H,1H3,(H2,20,21,22). The summed E-state index contributed by atoms with van der Waals surface area (Å²) in [5.41, 5.74) is 0.472. The number of alkyl halides is 3. The van der Waals surface area contributed by atoms with Gasteiger partial charge in [0.2, 0.25) is 0 Å². The molecule has 0 bridgehead atoms. The molecule has 0 aliphatic carbocycles. The van der Waals surface area contributed by atoms with Gasteiger partial charge in [0.1, 0.15) is 0 Å². The summed E-state index contributed by atoms with van der Waals surface area (Å²) >= 11 is 5.94. The molecule has 0 spiro atoms. The number of anilines is 2. The van der Waals surface area contributed by atoms with Crippen molar-refractivity contribution >= 4 is 29.0 Å². The number of carbonyl (C=O) groups excluding carboxylic acids is 1. The highest BCUT2D eigenvalue weighted by Gasteiger charge is 2.30. The number of urea groups is 1. The van der Waals surface area contributed by atoms with Crippen LogP contribution in [0.25, 0.3) is 0 Å². The van der Waals surface area contributed by atoms with Gasteiger partial charge >= 0.3 is 12.2 Å². The Morgan fingerprint density at radius 3 is 2.50 bits per heavy atom. The van der Waals surface area contributed by atoms with Gasteiger partial charge in [0.15, 0.2) is 0 Å². The Morgan fingerprint density at radius 2 is 1.82 bits per heavy atom. The summed E-state index contributed by atoms with van der Waals surface area (Å²) in [5, 5.41) is 5.17. The van der Waals surface area contributed by atoms with E-state index in [1.54, 1.807) is 18.2 Å². The normalized spacial score (nSPS) is 11.1. The van der Waals surface area contributed by atoms with Crippen LogP contribution in [0.3, 0.4) is 0 Å². The SMILES string of the molecule is Cc1ccc(Cl)c(NC(=O)Nc2cccc(C(F)(F)F)c2)c1. The molecule has 0 saturated heterocycles. The number of halogens is 4. The van der Waals surface area contributed by atoms with Crippen LogP contribution in [0.4, 0.5) is 29.3 Å². The van der Waals surface area contributed by atoms with Gasteiger partial charge in [-0.1, -0.05) is 23.7 Å². The first-order valence-corrected chi connectivity index (χ1v) is 6.65. The maximum atomic E-state index is 12.6. The van der Waals surface area contributed by atoms with Gasteiger partial charge in [-0.25, -0.2) is 4.79 Å². The average molecular weight is 329 g/mol. The number of carbonyl (C=O) groups is 1. The Hall–Kier alpha value is -2.21. The van der Waals surface area contributed by atoms with Crippen molar-refractivity contribution in [2.45, 2.75) is 13.1 Å². The number of aryl methyl sites for hydroxylation is 1. The van der Waals surface area contributed by atoms with E-state index < -0.39 is 17.8 Å². The van der Waals surface area contributed by atoms with Crippen molar-refractivity contribution in [3.63, 3.8) is 0 Å². The van der Waals surface area contributed by atoms with E-state index in [1.165, 1.54) is 12.1 Å². The fourth-order valence-electron chi connectivity index (χ4n) is 1.79. The lowest BCUT2D eigenvalue weighted by Gasteiger charge is -2.11. The van der Waals surface area contributed by atoms with E-state index in [1.807, 2.05) is 6.92 Å². The summed E-state index contributed by atoms with van der Waals surface area (Å²) in [7, 11) is 0. The molecule has 3 nitrogen and oxygen atoms in total. The van der Waals surface area contributed by atoms with Crippen LogP contribution in [-0.2, 0) is 6.18 Å². The number of amides is 2. The number of hydrogen-bond donors (Lipinski definition) is 2. The summed E-state index contributed by atoms with van der Waals surface area (Å²) < 4.78 is 37.8. The van der Waals surface area contributed by atoms with Crippen LogP contribution in [-0.4, -0.2) is 6.03 Å². The highest BCUT2D eigenvalue weighted by atomic mass is 35.5. The quantitative estimate of drug-likeness (QED) is 0.770. The van der Waals surface area contributed by atoms with E-state index in [4.69, 9.17) is 11.6 Å². The van der Waals surface area contributed by atoms with Gasteiger partial charge in [-0.15, -0.1) is 0 Å². The lowest BCUT2D eigenvalue weighted by Crippen LogP contribution is -2.20. The molecule has 0 radical (unpaired) electrons. The summed E-state index contributed by atoms with van der Waals surface area (Å²) in [6.45, 7) is 1.83. The first-order valence-electron chi connectivity index (χ1n) is 6.27. The van der Waals surface area contributed by atoms with Crippen molar-refractivity contribution in [2.75, 3.05) is 10.6 Å². The monoisotopic (exact) mass is 328 g/mol. The largest absolute Gasteiger partial charge is 0.416 e. The number of hydrogen-bond acceptors (Lipinski definition) is 1. The third-order valence-corrected chi connectivity index (χ3v) is 3.15. The number of rotatable bonds is 2. The molecule has 0 aromatic heterocycles. The summed E-state index contributed by atoms with van der Waals surface area (Å²) in [4.78, 5) is 11.8. The van der Waals surface area contributed by atoms with Crippen molar-refractivity contribution in [3.05, 3.63) is 58.6 Å². The van der Waals surface area contributed by atoms with Gasteiger partial charge in [0.25, 0.3) is 0 Å². The second-order valence-electron chi connectivity index (χ2n) is 4.64. The molecule has 2 N–H and O–H groups in total. The highest BCUT2D eigenvalue weighted by molar-refractivity contribution is 6.33. The zero-order valence-corrected chi connectivity index (χ0v) is 12.2. The number of benzene rings is 2. The molecule has 22 heavy (non-hydrogen) atoms. The maximum Gasteiger partial charge on any atom is 0.416 e. The lowest BCUT2D eigenvalue weighted by molar-refractivity contribution is -0.137. The minimum Gasteiger partial charge on any atom is -0.308 e. The lowest BCUT2D eigenvalue weighted by atomic mass is 10.2. The van der Waals surface area contributed by atoms with Crippen molar-refractivity contribution in [2.24, 2.45) is 0 Å². The molecular weight excluding hydrogens is 317 g/mol. The Kier molecular flexibility index (Phi) is 4.61. The predicted octanol–water partition coefficient (Wildman–Crippen LogP) is 5.31. The van der Waals surface area contributed by atoms with E-state index in [9.17, 15) is 18.0 Å². The molecule has 0 unspecified atom stereocenters. The van der Waals surface area contributed by atoms with Crippen molar-refractivity contribution < 1.29 is 18.0 Å². The summed E-state index contributed by atoms with van der Waals surface area (Å²) in [5.74, 6) is 0. The molecule has 0 fully saturated rings. The molecule has 2 rings (SSSR count). The highest BCUT2D eigenvalue weighted by Crippen LogP contribution is 2.30. The zero-order chi connectivity index (χ0) is 16.3. The van der Waals surface area contributed by atoms with Gasteiger partial charge in [0, 0.05) is 5.69 Å². The van der Waals surface area contributed by atoms with Crippen LogP contribution in [0.5, 0.6) is 0 Å². The first kappa shape index (κ1) is 16.2. The van der Waals surface area contributed by atoms with Crippen LogP contribution in [0.15, 0.2) is 42.5 Å². The molecular formula is C15H12ClF3N2O. The van der Waals surface area contributed by atoms with Crippen molar-refractivity contribution in [1.29, 1.82) is 0 Å². The topological polar surface area (TPSA) is 41.1 Å². The Bertz CT molecular complexity index is 701. The van der Waals surface area contributed by atoms with Crippen LogP contribution in [0, 0.1) is 6.92 Å². The predicted molar refractivity (Wildman–Crippen MR) is 80.3 cm³/mol. The van der Waals surface area contributed by atoms with Crippen LogP contribution < -0.4 is 10.6 Å². The summed E-state index contributed by atoms with van der Waals surface area (Å²) in [6, 6.07) is 8.76. The fourth-order valence-corrected chi connectivity index (χ4v) is 1.96. The second kappa shape index (κ2) is 6.27. The second-order valence-corrected chi connectivity index (χ2v) is 5.05. The Morgan fingerprint density at radius 1 is 1.09 bits per heavy atom. The van der Waals surface area contributed by atoms with Gasteiger partial charge in [-0.3, -0.25) is 0 Å². The number of nitrogens with one attached hydrogen (secondary N) is 2. The van der Waals surface area contributed by atoms with Crippen molar-refractivity contribution in [1.82, 2.24) is 0 Å². The molecule has 2 aromatic carbocycles. The van der Waals surface area contributed by atoms with Crippen LogP contribution in [0.2, 0.25) is 5.02 Å². The van der Waals surface area contributed by atoms with Crippen molar-refractivity contribution in [3.8, 4) is 0 Å². The first-order chi connectivity index (χ1) is 10.3. The van der Waals surface area contributed by atoms with Gasteiger partial charge < -0.3 is 10.6 Å². The van der Waals surface area contributed by atoms with E-state index in [-0.39, 0.29) is 5.69 Å². The van der Waals surface area contributed by atoms with Gasteiger partial charge in [-0.2, -0.15) is 13.2 Å². The van der Waals surface area contributed by atoms with E-state index >= 15 is 0 Å². The molecule has 0 heterocycles.